The van der Waals surface area contributed by atoms with Gasteiger partial charge in [0, 0.05) is 0 Å². The van der Waals surface area contributed by atoms with Gasteiger partial charge in [-0.2, -0.15) is 0 Å². The highest BCUT2D eigenvalue weighted by Crippen LogP contribution is 2.31. The van der Waals surface area contributed by atoms with Gasteiger partial charge in [-0.05, 0) is 35.0 Å². The third-order valence-corrected chi connectivity index (χ3v) is 5.23. The van der Waals surface area contributed by atoms with Crippen molar-refractivity contribution in [1.29, 1.82) is 0 Å². The van der Waals surface area contributed by atoms with Crippen LogP contribution in [0, 0.1) is 0 Å². The molecule has 0 heterocycles. The van der Waals surface area contributed by atoms with Crippen molar-refractivity contribution in [2.75, 3.05) is 11.8 Å². The number of benzene rings is 1. The third kappa shape index (κ3) is 3.37. The maximum Gasteiger partial charge on any atom is 0.325 e. The van der Waals surface area contributed by atoms with Crippen LogP contribution in [0.3, 0.4) is 0 Å². The first-order valence-electron chi connectivity index (χ1n) is 4.83. The van der Waals surface area contributed by atoms with Gasteiger partial charge in [-0.15, -0.1) is 0 Å². The smallest absolute Gasteiger partial charge is 0.325 e. The Bertz CT molecular complexity index is 561. The van der Waals surface area contributed by atoms with E-state index >= 15 is 0 Å². The molecule has 0 aromatic heterocycles. The maximum absolute atomic E-state index is 11.9. The highest BCUT2D eigenvalue weighted by molar-refractivity contribution is 9.10. The Balaban J connectivity index is 3.03. The molecule has 0 fully saturated rings. The quantitative estimate of drug-likeness (QED) is 0.841. The van der Waals surface area contributed by atoms with Crippen molar-refractivity contribution < 1.29 is 17.9 Å². The Labute approximate surface area is 119 Å². The predicted octanol–water partition coefficient (Wildman–Crippen LogP) is 2.41. The summed E-state index contributed by atoms with van der Waals surface area (Å²) in [4.78, 5) is 11.2. The van der Waals surface area contributed by atoms with Crippen LogP contribution in [-0.2, 0) is 19.6 Å². The van der Waals surface area contributed by atoms with Gasteiger partial charge in [-0.3, -0.25) is 9.52 Å². The van der Waals surface area contributed by atoms with Crippen molar-refractivity contribution in [1.82, 2.24) is 0 Å². The van der Waals surface area contributed by atoms with Crippen LogP contribution in [0.5, 0.6) is 0 Å². The fraction of sp³-hybridized carbons (Fsp3) is 0.300. The molecule has 8 heteroatoms. The summed E-state index contributed by atoms with van der Waals surface area (Å²) in [6, 6.07) is 4.72. The standard InChI is InChI=1S/C10H11BrClNO4S/c1-6(10(14)17-2)18(15,16)13-8-5-3-4-7(12)9(8)11/h3-6,13H,1-2H3. The van der Waals surface area contributed by atoms with E-state index in [2.05, 4.69) is 25.4 Å². The van der Waals surface area contributed by atoms with E-state index in [0.29, 0.717) is 9.50 Å². The molecule has 0 saturated carbocycles. The number of hydrogen-bond donors (Lipinski definition) is 1. The Kier molecular flexibility index (Phi) is 5.01. The van der Waals surface area contributed by atoms with Crippen molar-refractivity contribution >= 4 is 49.2 Å². The Morgan fingerprint density at radius 2 is 2.11 bits per heavy atom. The van der Waals surface area contributed by atoms with Crippen molar-refractivity contribution in [2.24, 2.45) is 0 Å². The number of esters is 1. The summed E-state index contributed by atoms with van der Waals surface area (Å²) in [7, 11) is -2.75. The molecule has 1 aromatic rings. The zero-order chi connectivity index (χ0) is 13.9. The van der Waals surface area contributed by atoms with Crippen molar-refractivity contribution in [3.63, 3.8) is 0 Å². The number of carbonyl (C=O) groups is 1. The minimum atomic E-state index is -3.88. The summed E-state index contributed by atoms with van der Waals surface area (Å²) in [5, 5.41) is -0.950. The van der Waals surface area contributed by atoms with Crippen LogP contribution in [0.25, 0.3) is 0 Å². The zero-order valence-corrected chi connectivity index (χ0v) is 12.8. The second kappa shape index (κ2) is 5.90. The van der Waals surface area contributed by atoms with Crippen LogP contribution >= 0.6 is 27.5 Å². The molecule has 1 unspecified atom stereocenters. The average molecular weight is 357 g/mol. The predicted molar refractivity (Wildman–Crippen MR) is 73.2 cm³/mol. The van der Waals surface area contributed by atoms with E-state index < -0.39 is 21.2 Å². The number of methoxy groups -OCH3 is 1. The first-order valence-corrected chi connectivity index (χ1v) is 7.54. The Morgan fingerprint density at radius 3 is 2.67 bits per heavy atom. The summed E-state index contributed by atoms with van der Waals surface area (Å²) >= 11 is 9.00. The van der Waals surface area contributed by atoms with Crippen LogP contribution < -0.4 is 4.72 Å². The fourth-order valence-electron chi connectivity index (χ4n) is 1.12. The minimum absolute atomic E-state index is 0.262. The molecule has 0 saturated heterocycles. The zero-order valence-electron chi connectivity index (χ0n) is 9.61. The van der Waals surface area contributed by atoms with Gasteiger partial charge < -0.3 is 4.74 Å². The summed E-state index contributed by atoms with van der Waals surface area (Å²) < 4.78 is 30.9. The molecule has 1 aromatic carbocycles. The van der Waals surface area contributed by atoms with E-state index in [0.717, 1.165) is 7.11 Å². The second-order valence-corrected chi connectivity index (χ2v) is 6.62. The van der Waals surface area contributed by atoms with Gasteiger partial charge >= 0.3 is 5.97 Å². The molecule has 100 valence electrons. The molecular weight excluding hydrogens is 346 g/mol. The molecule has 18 heavy (non-hydrogen) atoms. The first kappa shape index (κ1) is 15.3. The number of hydrogen-bond acceptors (Lipinski definition) is 4. The van der Waals surface area contributed by atoms with E-state index in [9.17, 15) is 13.2 Å². The SMILES string of the molecule is COC(=O)C(C)S(=O)(=O)Nc1cccc(Cl)c1Br. The lowest BCUT2D eigenvalue weighted by Gasteiger charge is -2.14. The van der Waals surface area contributed by atoms with Crippen molar-refractivity contribution in [2.45, 2.75) is 12.2 Å². The van der Waals surface area contributed by atoms with Gasteiger partial charge in [0.1, 0.15) is 0 Å². The van der Waals surface area contributed by atoms with Crippen LogP contribution in [0.2, 0.25) is 5.02 Å². The molecule has 0 aliphatic rings. The molecule has 0 bridgehead atoms. The largest absolute Gasteiger partial charge is 0.468 e. The van der Waals surface area contributed by atoms with E-state index in [1.54, 1.807) is 12.1 Å². The van der Waals surface area contributed by atoms with Gasteiger partial charge in [-0.25, -0.2) is 8.42 Å². The molecule has 5 nitrogen and oxygen atoms in total. The van der Waals surface area contributed by atoms with E-state index in [1.807, 2.05) is 0 Å². The molecule has 1 N–H and O–H groups in total. The van der Waals surface area contributed by atoms with Crippen LogP contribution in [0.4, 0.5) is 5.69 Å². The summed E-state index contributed by atoms with van der Waals surface area (Å²) in [6.07, 6.45) is 0. The normalized spacial score (nSPS) is 12.9. The van der Waals surface area contributed by atoms with E-state index in [4.69, 9.17) is 11.6 Å². The average Bonchev–Trinajstić information content (AvgIpc) is 2.32. The molecule has 0 amide bonds. The topological polar surface area (TPSA) is 72.5 Å². The number of sulfonamides is 1. The monoisotopic (exact) mass is 355 g/mol. The molecule has 1 atom stereocenters. The molecule has 0 aliphatic heterocycles. The Hall–Kier alpha value is -0.790. The Morgan fingerprint density at radius 1 is 1.50 bits per heavy atom. The number of rotatable bonds is 4. The summed E-state index contributed by atoms with van der Waals surface area (Å²) in [6.45, 7) is 1.24. The highest BCUT2D eigenvalue weighted by atomic mass is 79.9. The first-order chi connectivity index (χ1) is 8.29. The van der Waals surface area contributed by atoms with Gasteiger partial charge in [0.05, 0.1) is 22.3 Å². The number of halogens is 2. The van der Waals surface area contributed by atoms with E-state index in [1.165, 1.54) is 13.0 Å². The van der Waals surface area contributed by atoms with Crippen LogP contribution in [-0.4, -0.2) is 26.7 Å². The number of ether oxygens (including phenoxy) is 1. The summed E-state index contributed by atoms with van der Waals surface area (Å²) in [5.41, 5.74) is 0.262. The van der Waals surface area contributed by atoms with Crippen LogP contribution in [0.1, 0.15) is 6.92 Å². The molecule has 1 rings (SSSR count). The van der Waals surface area contributed by atoms with Gasteiger partial charge in [0.15, 0.2) is 5.25 Å². The highest BCUT2D eigenvalue weighted by Gasteiger charge is 2.29. The second-order valence-electron chi connectivity index (χ2n) is 3.41. The maximum atomic E-state index is 11.9. The molecular formula is C10H11BrClNO4S. The minimum Gasteiger partial charge on any atom is -0.468 e. The lowest BCUT2D eigenvalue weighted by molar-refractivity contribution is -0.139. The van der Waals surface area contributed by atoms with E-state index in [-0.39, 0.29) is 5.69 Å². The lowest BCUT2D eigenvalue weighted by atomic mass is 10.3. The summed E-state index contributed by atoms with van der Waals surface area (Å²) in [5.74, 6) is -0.833. The van der Waals surface area contributed by atoms with Crippen molar-refractivity contribution in [3.8, 4) is 0 Å². The third-order valence-electron chi connectivity index (χ3n) is 2.20. The van der Waals surface area contributed by atoms with Gasteiger partial charge in [0.2, 0.25) is 10.0 Å². The molecule has 0 aliphatic carbocycles. The fourth-order valence-corrected chi connectivity index (χ4v) is 2.79. The van der Waals surface area contributed by atoms with Crippen LogP contribution in [0.15, 0.2) is 22.7 Å². The van der Waals surface area contributed by atoms with Crippen molar-refractivity contribution in [3.05, 3.63) is 27.7 Å². The number of nitrogens with one attached hydrogen (secondary N) is 1. The lowest BCUT2D eigenvalue weighted by Crippen LogP contribution is -2.33. The van der Waals surface area contributed by atoms with Gasteiger partial charge in [-0.1, -0.05) is 17.7 Å². The van der Waals surface area contributed by atoms with Gasteiger partial charge in [0.25, 0.3) is 0 Å². The number of carbonyl (C=O) groups excluding carboxylic acids is 1. The number of anilines is 1. The molecule has 0 spiro atoms. The molecule has 0 radical (unpaired) electrons.